The van der Waals surface area contributed by atoms with Crippen LogP contribution in [0.3, 0.4) is 0 Å². The Morgan fingerprint density at radius 3 is 2.43 bits per heavy atom. The molecule has 0 aliphatic carbocycles. The van der Waals surface area contributed by atoms with Crippen molar-refractivity contribution in [1.82, 2.24) is 5.32 Å². The second-order valence-corrected chi connectivity index (χ2v) is 4.69. The predicted octanol–water partition coefficient (Wildman–Crippen LogP) is 2.95. The van der Waals surface area contributed by atoms with Gasteiger partial charge in [-0.15, -0.1) is 0 Å². The van der Waals surface area contributed by atoms with E-state index in [1.807, 2.05) is 13.8 Å². The summed E-state index contributed by atoms with van der Waals surface area (Å²) in [5.74, 6) is 0.714. The van der Waals surface area contributed by atoms with E-state index >= 15 is 0 Å². The maximum atomic E-state index is 11.0. The summed E-state index contributed by atoms with van der Waals surface area (Å²) in [4.78, 5) is 11.0. The molecule has 0 fully saturated rings. The molecule has 0 saturated carbocycles. The first-order chi connectivity index (χ1) is 6.37. The topological polar surface area (TPSA) is 38.3 Å². The number of rotatable bonds is 5. The maximum Gasteiger partial charge on any atom is 0.407 e. The molecule has 14 heavy (non-hydrogen) atoms. The summed E-state index contributed by atoms with van der Waals surface area (Å²) in [6.07, 6.45) is 2.85. The molecule has 0 aromatic rings. The first-order valence-electron chi connectivity index (χ1n) is 5.28. The van der Waals surface area contributed by atoms with Crippen molar-refractivity contribution in [1.29, 1.82) is 0 Å². The van der Waals surface area contributed by atoms with Gasteiger partial charge in [-0.3, -0.25) is 0 Å². The van der Waals surface area contributed by atoms with Crippen LogP contribution in [0.1, 0.15) is 47.0 Å². The van der Waals surface area contributed by atoms with E-state index in [2.05, 4.69) is 19.2 Å². The average molecular weight is 201 g/mol. The lowest BCUT2D eigenvalue weighted by molar-refractivity contribution is 0.0316. The Bertz CT molecular complexity index is 176. The number of ether oxygens (including phenoxy) is 1. The smallest absolute Gasteiger partial charge is 0.407 e. The molecule has 0 aromatic carbocycles. The minimum atomic E-state index is -0.352. The van der Waals surface area contributed by atoms with Crippen LogP contribution in [0.2, 0.25) is 0 Å². The summed E-state index contributed by atoms with van der Waals surface area (Å²) in [6, 6.07) is 0. The number of hydrogen-bond acceptors (Lipinski definition) is 2. The molecule has 0 aliphatic rings. The van der Waals surface area contributed by atoms with Crippen LogP contribution in [-0.2, 0) is 4.74 Å². The van der Waals surface area contributed by atoms with Gasteiger partial charge in [0.1, 0.15) is 5.60 Å². The van der Waals surface area contributed by atoms with Gasteiger partial charge in [0.25, 0.3) is 0 Å². The number of nitrogens with one attached hydrogen (secondary N) is 1. The Morgan fingerprint density at radius 1 is 1.43 bits per heavy atom. The Labute approximate surface area is 87.2 Å². The number of amides is 1. The first-order valence-corrected chi connectivity index (χ1v) is 5.28. The summed E-state index contributed by atoms with van der Waals surface area (Å²) in [5.41, 5.74) is -0.352. The van der Waals surface area contributed by atoms with Gasteiger partial charge in [0.05, 0.1) is 0 Å². The van der Waals surface area contributed by atoms with Crippen LogP contribution in [0.4, 0.5) is 4.79 Å². The molecule has 3 nitrogen and oxygen atoms in total. The van der Waals surface area contributed by atoms with E-state index in [9.17, 15) is 4.79 Å². The van der Waals surface area contributed by atoms with E-state index < -0.39 is 0 Å². The van der Waals surface area contributed by atoms with Crippen LogP contribution in [0.15, 0.2) is 0 Å². The van der Waals surface area contributed by atoms with E-state index in [4.69, 9.17) is 4.74 Å². The van der Waals surface area contributed by atoms with Gasteiger partial charge in [-0.25, -0.2) is 4.79 Å². The molecule has 0 atom stereocenters. The van der Waals surface area contributed by atoms with E-state index in [-0.39, 0.29) is 11.7 Å². The molecule has 84 valence electrons. The van der Waals surface area contributed by atoms with Crippen molar-refractivity contribution >= 4 is 6.09 Å². The van der Waals surface area contributed by atoms with Crippen LogP contribution >= 0.6 is 0 Å². The number of alkyl carbamates (subject to hydrolysis) is 1. The van der Waals surface area contributed by atoms with Crippen LogP contribution in [0.5, 0.6) is 0 Å². The Kier molecular flexibility index (Phi) is 5.58. The molecular formula is C11H23NO2. The highest BCUT2D eigenvalue weighted by Gasteiger charge is 2.21. The van der Waals surface area contributed by atoms with Gasteiger partial charge in [0.2, 0.25) is 0 Å². The van der Waals surface area contributed by atoms with Crippen LogP contribution in [0, 0.1) is 5.92 Å². The monoisotopic (exact) mass is 201 g/mol. The lowest BCUT2D eigenvalue weighted by Gasteiger charge is -2.25. The van der Waals surface area contributed by atoms with E-state index in [1.54, 1.807) is 7.05 Å². The Balaban J connectivity index is 3.77. The lowest BCUT2D eigenvalue weighted by atomic mass is 9.97. The maximum absolute atomic E-state index is 11.0. The third-order valence-corrected chi connectivity index (χ3v) is 2.13. The normalized spacial score (nSPS) is 11.6. The zero-order valence-corrected chi connectivity index (χ0v) is 10.0. The highest BCUT2D eigenvalue weighted by molar-refractivity contribution is 5.67. The van der Waals surface area contributed by atoms with Crippen molar-refractivity contribution in [3.8, 4) is 0 Å². The standard InChI is InChI=1S/C11H23NO2/c1-9(2)7-6-8-11(3,4)14-10(13)12-5/h9H,6-8H2,1-5H3,(H,12,13). The van der Waals surface area contributed by atoms with Crippen molar-refractivity contribution in [3.05, 3.63) is 0 Å². The van der Waals surface area contributed by atoms with Crippen molar-refractivity contribution in [2.24, 2.45) is 5.92 Å². The third-order valence-electron chi connectivity index (χ3n) is 2.13. The van der Waals surface area contributed by atoms with Gasteiger partial charge in [0, 0.05) is 7.05 Å². The molecule has 0 bridgehead atoms. The van der Waals surface area contributed by atoms with Gasteiger partial charge >= 0.3 is 6.09 Å². The molecule has 0 heterocycles. The fourth-order valence-electron chi connectivity index (χ4n) is 1.29. The SMILES string of the molecule is CNC(=O)OC(C)(C)CCCC(C)C. The second-order valence-electron chi connectivity index (χ2n) is 4.69. The Morgan fingerprint density at radius 2 is 2.00 bits per heavy atom. The highest BCUT2D eigenvalue weighted by Crippen LogP contribution is 2.19. The molecule has 0 saturated heterocycles. The fourth-order valence-corrected chi connectivity index (χ4v) is 1.29. The minimum absolute atomic E-state index is 0.348. The minimum Gasteiger partial charge on any atom is -0.444 e. The van der Waals surface area contributed by atoms with Crippen molar-refractivity contribution in [2.45, 2.75) is 52.6 Å². The number of carbonyl (C=O) groups is 1. The molecule has 0 spiro atoms. The molecule has 0 unspecified atom stereocenters. The summed E-state index contributed by atoms with van der Waals surface area (Å²) in [7, 11) is 1.58. The zero-order valence-electron chi connectivity index (χ0n) is 10.0. The Hall–Kier alpha value is -0.730. The van der Waals surface area contributed by atoms with Crippen molar-refractivity contribution in [2.75, 3.05) is 7.05 Å². The van der Waals surface area contributed by atoms with Crippen LogP contribution < -0.4 is 5.32 Å². The number of hydrogen-bond donors (Lipinski definition) is 1. The van der Waals surface area contributed by atoms with Crippen LogP contribution in [-0.4, -0.2) is 18.7 Å². The largest absolute Gasteiger partial charge is 0.444 e. The molecule has 0 aromatic heterocycles. The first kappa shape index (κ1) is 13.3. The van der Waals surface area contributed by atoms with Gasteiger partial charge in [-0.05, 0) is 32.6 Å². The average Bonchev–Trinajstić information content (AvgIpc) is 2.02. The zero-order chi connectivity index (χ0) is 11.2. The summed E-state index contributed by atoms with van der Waals surface area (Å²) in [5, 5.41) is 2.46. The quantitative estimate of drug-likeness (QED) is 0.742. The molecule has 1 amide bonds. The molecule has 0 rings (SSSR count). The summed E-state index contributed by atoms with van der Waals surface area (Å²) >= 11 is 0. The molecule has 3 heteroatoms. The van der Waals surface area contributed by atoms with E-state index in [0.29, 0.717) is 5.92 Å². The molecular weight excluding hydrogens is 178 g/mol. The third kappa shape index (κ3) is 6.75. The summed E-state index contributed by atoms with van der Waals surface area (Å²) < 4.78 is 5.22. The lowest BCUT2D eigenvalue weighted by Crippen LogP contribution is -2.32. The molecule has 0 radical (unpaired) electrons. The number of carbonyl (C=O) groups excluding carboxylic acids is 1. The van der Waals surface area contributed by atoms with Gasteiger partial charge in [-0.2, -0.15) is 0 Å². The van der Waals surface area contributed by atoms with Crippen molar-refractivity contribution < 1.29 is 9.53 Å². The van der Waals surface area contributed by atoms with Gasteiger partial charge < -0.3 is 10.1 Å². The fraction of sp³-hybridized carbons (Fsp3) is 0.909. The van der Waals surface area contributed by atoms with E-state index in [0.717, 1.165) is 12.8 Å². The molecule has 1 N–H and O–H groups in total. The molecule has 0 aliphatic heterocycles. The summed E-state index contributed by atoms with van der Waals surface area (Å²) in [6.45, 7) is 8.30. The van der Waals surface area contributed by atoms with Gasteiger partial charge in [0.15, 0.2) is 0 Å². The second kappa shape index (κ2) is 5.89. The highest BCUT2D eigenvalue weighted by atomic mass is 16.6. The van der Waals surface area contributed by atoms with E-state index in [1.165, 1.54) is 6.42 Å². The van der Waals surface area contributed by atoms with Crippen LogP contribution in [0.25, 0.3) is 0 Å². The van der Waals surface area contributed by atoms with Gasteiger partial charge in [-0.1, -0.05) is 20.3 Å². The van der Waals surface area contributed by atoms with Crippen molar-refractivity contribution in [3.63, 3.8) is 0 Å². The predicted molar refractivity (Wildman–Crippen MR) is 58.3 cm³/mol.